The molecule has 0 fully saturated rings. The molecule has 0 spiro atoms. The highest BCUT2D eigenvalue weighted by Gasteiger charge is 2.08. The number of benzene rings is 1. The quantitative estimate of drug-likeness (QED) is 0.606. The minimum absolute atomic E-state index is 0.532. The summed E-state index contributed by atoms with van der Waals surface area (Å²) in [7, 11) is 0. The van der Waals surface area contributed by atoms with Crippen LogP contribution in [0.1, 0.15) is 31.0 Å². The number of aryl methyl sites for hydroxylation is 2. The SMILES string of the molecule is CCCCc1cc(N=C=O)n(-c2ccc(C)cc2)n1. The lowest BCUT2D eigenvalue weighted by molar-refractivity contribution is 0.565. The van der Waals surface area contributed by atoms with Crippen LogP contribution in [0.25, 0.3) is 5.69 Å². The van der Waals surface area contributed by atoms with Crippen LogP contribution in [0, 0.1) is 6.92 Å². The summed E-state index contributed by atoms with van der Waals surface area (Å²) >= 11 is 0. The fourth-order valence-corrected chi connectivity index (χ4v) is 1.90. The Morgan fingerprint density at radius 1 is 1.32 bits per heavy atom. The minimum Gasteiger partial charge on any atom is -0.214 e. The van der Waals surface area contributed by atoms with E-state index < -0.39 is 0 Å². The highest BCUT2D eigenvalue weighted by Crippen LogP contribution is 2.21. The van der Waals surface area contributed by atoms with E-state index in [1.165, 1.54) is 5.56 Å². The van der Waals surface area contributed by atoms with Gasteiger partial charge in [-0.05, 0) is 31.9 Å². The first-order valence-corrected chi connectivity index (χ1v) is 6.48. The second kappa shape index (κ2) is 6.12. The number of unbranched alkanes of at least 4 members (excludes halogenated alkanes) is 1. The van der Waals surface area contributed by atoms with Gasteiger partial charge in [0.05, 0.1) is 11.4 Å². The summed E-state index contributed by atoms with van der Waals surface area (Å²) in [5, 5.41) is 4.51. The van der Waals surface area contributed by atoms with E-state index in [1.54, 1.807) is 10.8 Å². The van der Waals surface area contributed by atoms with Gasteiger partial charge in [0.15, 0.2) is 5.82 Å². The van der Waals surface area contributed by atoms with Crippen LogP contribution in [0.2, 0.25) is 0 Å². The van der Waals surface area contributed by atoms with Gasteiger partial charge in [-0.3, -0.25) is 0 Å². The van der Waals surface area contributed by atoms with Crippen molar-refractivity contribution in [2.24, 2.45) is 4.99 Å². The van der Waals surface area contributed by atoms with Crippen molar-refractivity contribution in [1.29, 1.82) is 0 Å². The molecular weight excluding hydrogens is 238 g/mol. The molecule has 0 aliphatic rings. The maximum Gasteiger partial charge on any atom is 0.242 e. The summed E-state index contributed by atoms with van der Waals surface area (Å²) in [5.41, 5.74) is 3.04. The Morgan fingerprint density at radius 3 is 2.68 bits per heavy atom. The van der Waals surface area contributed by atoms with Crippen LogP contribution in [0.5, 0.6) is 0 Å². The highest BCUT2D eigenvalue weighted by molar-refractivity contribution is 5.50. The standard InChI is InChI=1S/C15H17N3O/c1-3-4-5-13-10-15(16-11-19)18(17-13)14-8-6-12(2)7-9-14/h6-10H,3-5H2,1-2H3. The molecule has 4 heteroatoms. The number of hydrogen-bond acceptors (Lipinski definition) is 3. The second-order valence-electron chi connectivity index (χ2n) is 4.55. The van der Waals surface area contributed by atoms with E-state index in [-0.39, 0.29) is 0 Å². The number of isocyanates is 1. The third-order valence-corrected chi connectivity index (χ3v) is 2.97. The average molecular weight is 255 g/mol. The molecule has 0 aliphatic heterocycles. The average Bonchev–Trinajstić information content (AvgIpc) is 2.81. The zero-order valence-electron chi connectivity index (χ0n) is 11.3. The Morgan fingerprint density at radius 2 is 2.05 bits per heavy atom. The number of aromatic nitrogens is 2. The van der Waals surface area contributed by atoms with Crippen LogP contribution in [0.3, 0.4) is 0 Å². The summed E-state index contributed by atoms with van der Waals surface area (Å²) in [6.45, 7) is 4.17. The molecule has 0 aliphatic carbocycles. The van der Waals surface area contributed by atoms with Gasteiger partial charge in [0.2, 0.25) is 6.08 Å². The van der Waals surface area contributed by atoms with Crippen LogP contribution < -0.4 is 0 Å². The van der Waals surface area contributed by atoms with E-state index in [0.29, 0.717) is 5.82 Å². The van der Waals surface area contributed by atoms with Crippen LogP contribution in [-0.4, -0.2) is 15.9 Å². The lowest BCUT2D eigenvalue weighted by Crippen LogP contribution is -1.97. The molecule has 1 aromatic carbocycles. The number of aliphatic imine (C=N–C) groups is 1. The zero-order valence-corrected chi connectivity index (χ0v) is 11.3. The lowest BCUT2D eigenvalue weighted by Gasteiger charge is -2.03. The van der Waals surface area contributed by atoms with E-state index in [2.05, 4.69) is 17.0 Å². The summed E-state index contributed by atoms with van der Waals surface area (Å²) in [5.74, 6) is 0.532. The highest BCUT2D eigenvalue weighted by atomic mass is 16.1. The van der Waals surface area contributed by atoms with Crippen molar-refractivity contribution in [3.8, 4) is 5.69 Å². The molecule has 4 nitrogen and oxygen atoms in total. The summed E-state index contributed by atoms with van der Waals surface area (Å²) < 4.78 is 1.69. The van der Waals surface area contributed by atoms with Gasteiger partial charge in [0.1, 0.15) is 0 Å². The smallest absolute Gasteiger partial charge is 0.214 e. The van der Waals surface area contributed by atoms with E-state index in [9.17, 15) is 4.79 Å². The van der Waals surface area contributed by atoms with Gasteiger partial charge in [-0.25, -0.2) is 9.48 Å². The first-order chi connectivity index (χ1) is 9.24. The van der Waals surface area contributed by atoms with Crippen molar-refractivity contribution in [2.45, 2.75) is 33.1 Å². The second-order valence-corrected chi connectivity index (χ2v) is 4.55. The van der Waals surface area contributed by atoms with E-state index in [4.69, 9.17) is 0 Å². The van der Waals surface area contributed by atoms with E-state index >= 15 is 0 Å². The number of rotatable bonds is 5. The third kappa shape index (κ3) is 3.18. The van der Waals surface area contributed by atoms with Gasteiger partial charge in [0, 0.05) is 6.07 Å². The summed E-state index contributed by atoms with van der Waals surface area (Å²) in [4.78, 5) is 14.2. The molecule has 98 valence electrons. The molecule has 0 amide bonds. The maximum atomic E-state index is 10.5. The van der Waals surface area contributed by atoms with Gasteiger partial charge < -0.3 is 0 Å². The Labute approximate surface area is 112 Å². The molecule has 19 heavy (non-hydrogen) atoms. The van der Waals surface area contributed by atoms with Crippen LogP contribution in [-0.2, 0) is 11.2 Å². The maximum absolute atomic E-state index is 10.5. The number of nitrogens with zero attached hydrogens (tertiary/aromatic N) is 3. The molecule has 0 N–H and O–H groups in total. The van der Waals surface area contributed by atoms with Crippen LogP contribution >= 0.6 is 0 Å². The van der Waals surface area contributed by atoms with Crippen molar-refractivity contribution < 1.29 is 4.79 Å². The van der Waals surface area contributed by atoms with Gasteiger partial charge in [0.25, 0.3) is 0 Å². The molecule has 0 bridgehead atoms. The summed E-state index contributed by atoms with van der Waals surface area (Å²) in [6.07, 6.45) is 4.68. The Balaban J connectivity index is 2.39. The molecule has 0 atom stereocenters. The largest absolute Gasteiger partial charge is 0.242 e. The first-order valence-electron chi connectivity index (χ1n) is 6.48. The normalized spacial score (nSPS) is 10.2. The molecule has 2 rings (SSSR count). The topological polar surface area (TPSA) is 47.2 Å². The van der Waals surface area contributed by atoms with Gasteiger partial charge in [-0.15, -0.1) is 4.99 Å². The van der Waals surface area contributed by atoms with Gasteiger partial charge >= 0.3 is 0 Å². The van der Waals surface area contributed by atoms with Crippen molar-refractivity contribution in [3.63, 3.8) is 0 Å². The molecule has 0 saturated heterocycles. The fraction of sp³-hybridized carbons (Fsp3) is 0.333. The van der Waals surface area contributed by atoms with Crippen molar-refractivity contribution in [1.82, 2.24) is 9.78 Å². The Hall–Kier alpha value is -2.19. The monoisotopic (exact) mass is 255 g/mol. The Kier molecular flexibility index (Phi) is 4.26. The zero-order chi connectivity index (χ0) is 13.7. The molecule has 0 unspecified atom stereocenters. The van der Waals surface area contributed by atoms with E-state index in [0.717, 1.165) is 30.6 Å². The molecule has 0 radical (unpaired) electrons. The lowest BCUT2D eigenvalue weighted by atomic mass is 10.2. The molecular formula is C15H17N3O. The predicted molar refractivity (Wildman–Crippen MR) is 74.7 cm³/mol. The van der Waals surface area contributed by atoms with Crippen molar-refractivity contribution in [2.75, 3.05) is 0 Å². The van der Waals surface area contributed by atoms with Crippen molar-refractivity contribution in [3.05, 3.63) is 41.6 Å². The van der Waals surface area contributed by atoms with E-state index in [1.807, 2.05) is 37.3 Å². The molecule has 1 heterocycles. The third-order valence-electron chi connectivity index (χ3n) is 2.97. The minimum atomic E-state index is 0.532. The first kappa shape index (κ1) is 13.2. The predicted octanol–water partition coefficient (Wildman–Crippen LogP) is 3.49. The van der Waals surface area contributed by atoms with Crippen LogP contribution in [0.4, 0.5) is 5.82 Å². The van der Waals surface area contributed by atoms with Crippen molar-refractivity contribution >= 4 is 11.9 Å². The molecule has 1 aromatic heterocycles. The van der Waals surface area contributed by atoms with Crippen LogP contribution in [0.15, 0.2) is 35.3 Å². The molecule has 0 saturated carbocycles. The number of carbonyl (C=O) groups excluding carboxylic acids is 1. The Bertz CT molecular complexity index is 592. The van der Waals surface area contributed by atoms with Gasteiger partial charge in [-0.2, -0.15) is 5.10 Å². The number of hydrogen-bond donors (Lipinski definition) is 0. The summed E-state index contributed by atoms with van der Waals surface area (Å²) in [6, 6.07) is 9.81. The fourth-order valence-electron chi connectivity index (χ4n) is 1.90. The molecule has 2 aromatic rings. The van der Waals surface area contributed by atoms with Gasteiger partial charge in [-0.1, -0.05) is 31.0 Å².